The third kappa shape index (κ3) is 1.87. The SMILES string of the molecule is COc1ccc2c(c1)C1(CCCC1)C(O)(CCN)CC2. The average Bonchev–Trinajstić information content (AvgIpc) is 2.95. The molecule has 0 saturated heterocycles. The molecule has 1 spiro atoms. The van der Waals surface area contributed by atoms with Gasteiger partial charge in [-0.05, 0) is 61.9 Å². The normalized spacial score (nSPS) is 27.6. The summed E-state index contributed by atoms with van der Waals surface area (Å²) in [6.45, 7) is 0.553. The minimum atomic E-state index is -0.641. The first-order chi connectivity index (χ1) is 9.65. The smallest absolute Gasteiger partial charge is 0.119 e. The monoisotopic (exact) mass is 275 g/mol. The maximum Gasteiger partial charge on any atom is 0.119 e. The van der Waals surface area contributed by atoms with Gasteiger partial charge in [-0.3, -0.25) is 0 Å². The molecular weight excluding hydrogens is 250 g/mol. The van der Waals surface area contributed by atoms with Gasteiger partial charge in [0, 0.05) is 5.41 Å². The van der Waals surface area contributed by atoms with Crippen LogP contribution in [-0.2, 0) is 11.8 Å². The molecule has 0 aromatic heterocycles. The van der Waals surface area contributed by atoms with Gasteiger partial charge in [-0.15, -0.1) is 0 Å². The van der Waals surface area contributed by atoms with Crippen molar-refractivity contribution in [3.63, 3.8) is 0 Å². The maximum atomic E-state index is 11.3. The van der Waals surface area contributed by atoms with Gasteiger partial charge in [-0.25, -0.2) is 0 Å². The second-order valence-corrected chi connectivity index (χ2v) is 6.38. The lowest BCUT2D eigenvalue weighted by atomic mass is 9.58. The lowest BCUT2D eigenvalue weighted by Crippen LogP contribution is -2.54. The zero-order chi connectivity index (χ0) is 14.2. The second kappa shape index (κ2) is 5.05. The van der Waals surface area contributed by atoms with E-state index in [9.17, 15) is 5.11 Å². The van der Waals surface area contributed by atoms with Crippen molar-refractivity contribution in [2.75, 3.05) is 13.7 Å². The van der Waals surface area contributed by atoms with Crippen LogP contribution in [-0.4, -0.2) is 24.4 Å². The molecule has 1 aromatic carbocycles. The second-order valence-electron chi connectivity index (χ2n) is 6.38. The Kier molecular flexibility index (Phi) is 3.51. The first-order valence-corrected chi connectivity index (χ1v) is 7.75. The van der Waals surface area contributed by atoms with Crippen molar-refractivity contribution < 1.29 is 9.84 Å². The minimum Gasteiger partial charge on any atom is -0.497 e. The van der Waals surface area contributed by atoms with E-state index in [1.165, 1.54) is 24.0 Å². The van der Waals surface area contributed by atoms with E-state index in [0.29, 0.717) is 13.0 Å². The largest absolute Gasteiger partial charge is 0.497 e. The topological polar surface area (TPSA) is 55.5 Å². The Morgan fingerprint density at radius 2 is 2.00 bits per heavy atom. The summed E-state index contributed by atoms with van der Waals surface area (Å²) in [6, 6.07) is 6.37. The van der Waals surface area contributed by atoms with Crippen LogP contribution in [0.25, 0.3) is 0 Å². The van der Waals surface area contributed by atoms with Crippen LogP contribution < -0.4 is 10.5 Å². The van der Waals surface area contributed by atoms with Crippen molar-refractivity contribution in [2.24, 2.45) is 5.73 Å². The first-order valence-electron chi connectivity index (χ1n) is 7.75. The van der Waals surface area contributed by atoms with Crippen molar-refractivity contribution >= 4 is 0 Å². The molecule has 0 aliphatic heterocycles. The summed E-state index contributed by atoms with van der Waals surface area (Å²) in [7, 11) is 1.71. The maximum absolute atomic E-state index is 11.3. The molecule has 1 aromatic rings. The fourth-order valence-corrected chi connectivity index (χ4v) is 4.49. The van der Waals surface area contributed by atoms with E-state index >= 15 is 0 Å². The van der Waals surface area contributed by atoms with Crippen LogP contribution in [0.15, 0.2) is 18.2 Å². The third-order valence-corrected chi connectivity index (χ3v) is 5.55. The van der Waals surface area contributed by atoms with Crippen LogP contribution in [0, 0.1) is 0 Å². The number of fused-ring (bicyclic) bond motifs is 2. The van der Waals surface area contributed by atoms with Crippen molar-refractivity contribution in [3.05, 3.63) is 29.3 Å². The van der Waals surface area contributed by atoms with E-state index in [1.807, 2.05) is 6.07 Å². The molecule has 3 nitrogen and oxygen atoms in total. The van der Waals surface area contributed by atoms with Gasteiger partial charge >= 0.3 is 0 Å². The molecule has 1 fully saturated rings. The van der Waals surface area contributed by atoms with Gasteiger partial charge in [0.15, 0.2) is 0 Å². The average molecular weight is 275 g/mol. The van der Waals surface area contributed by atoms with Crippen molar-refractivity contribution in [1.82, 2.24) is 0 Å². The summed E-state index contributed by atoms with van der Waals surface area (Å²) >= 11 is 0. The first kappa shape index (κ1) is 13.9. The van der Waals surface area contributed by atoms with Gasteiger partial charge in [0.05, 0.1) is 12.7 Å². The number of benzene rings is 1. The fraction of sp³-hybridized carbons (Fsp3) is 0.647. The van der Waals surface area contributed by atoms with Gasteiger partial charge in [0.25, 0.3) is 0 Å². The van der Waals surface area contributed by atoms with E-state index < -0.39 is 5.60 Å². The Balaban J connectivity index is 2.13. The van der Waals surface area contributed by atoms with Gasteiger partial charge in [-0.2, -0.15) is 0 Å². The number of aryl methyl sites for hydroxylation is 1. The summed E-state index contributed by atoms with van der Waals surface area (Å²) in [5.41, 5.74) is 7.74. The Labute approximate surface area is 121 Å². The summed E-state index contributed by atoms with van der Waals surface area (Å²) in [5, 5.41) is 11.3. The zero-order valence-corrected chi connectivity index (χ0v) is 12.3. The molecule has 3 N–H and O–H groups in total. The van der Waals surface area contributed by atoms with Crippen LogP contribution in [0.2, 0.25) is 0 Å². The molecule has 3 rings (SSSR count). The van der Waals surface area contributed by atoms with Gasteiger partial charge in [-0.1, -0.05) is 18.9 Å². The van der Waals surface area contributed by atoms with Crippen molar-refractivity contribution in [2.45, 2.75) is 56.0 Å². The predicted octanol–water partition coefficient (Wildman–Crippen LogP) is 2.53. The van der Waals surface area contributed by atoms with E-state index in [1.54, 1.807) is 7.11 Å². The van der Waals surface area contributed by atoms with E-state index in [-0.39, 0.29) is 5.41 Å². The molecule has 3 heteroatoms. The molecule has 20 heavy (non-hydrogen) atoms. The molecule has 0 radical (unpaired) electrons. The highest BCUT2D eigenvalue weighted by Crippen LogP contribution is 2.55. The number of aliphatic hydroxyl groups is 1. The van der Waals surface area contributed by atoms with Crippen LogP contribution in [0.1, 0.15) is 49.7 Å². The van der Waals surface area contributed by atoms with Crippen LogP contribution in [0.4, 0.5) is 0 Å². The molecular formula is C17H25NO2. The standard InChI is InChI=1S/C17H25NO2/c1-20-14-5-4-13-6-9-17(19,10-11-18)16(15(13)12-14)7-2-3-8-16/h4-5,12,19H,2-3,6-11,18H2,1H3. The summed E-state index contributed by atoms with van der Waals surface area (Å²) in [4.78, 5) is 0. The Bertz CT molecular complexity index is 494. The lowest BCUT2D eigenvalue weighted by Gasteiger charge is -2.50. The Hall–Kier alpha value is -1.06. The molecule has 0 heterocycles. The number of nitrogens with two attached hydrogens (primary N) is 1. The number of ether oxygens (including phenoxy) is 1. The third-order valence-electron chi connectivity index (χ3n) is 5.55. The minimum absolute atomic E-state index is 0.103. The molecule has 1 saturated carbocycles. The van der Waals surface area contributed by atoms with E-state index in [0.717, 1.165) is 31.4 Å². The van der Waals surface area contributed by atoms with Gasteiger partial charge in [0.1, 0.15) is 5.75 Å². The highest BCUT2D eigenvalue weighted by Gasteiger charge is 2.54. The van der Waals surface area contributed by atoms with Crippen LogP contribution in [0.5, 0.6) is 5.75 Å². The number of hydrogen-bond donors (Lipinski definition) is 2. The predicted molar refractivity (Wildman–Crippen MR) is 80.1 cm³/mol. The van der Waals surface area contributed by atoms with E-state index in [2.05, 4.69) is 12.1 Å². The van der Waals surface area contributed by atoms with Gasteiger partial charge in [0.2, 0.25) is 0 Å². The lowest BCUT2D eigenvalue weighted by molar-refractivity contribution is -0.0580. The van der Waals surface area contributed by atoms with Crippen LogP contribution >= 0.6 is 0 Å². The summed E-state index contributed by atoms with van der Waals surface area (Å²) in [6.07, 6.45) is 7.02. The molecule has 110 valence electrons. The van der Waals surface area contributed by atoms with Crippen LogP contribution in [0.3, 0.4) is 0 Å². The number of hydrogen-bond acceptors (Lipinski definition) is 3. The van der Waals surface area contributed by atoms with Gasteiger partial charge < -0.3 is 15.6 Å². The molecule has 1 unspecified atom stereocenters. The van der Waals surface area contributed by atoms with Crippen molar-refractivity contribution in [1.29, 1.82) is 0 Å². The highest BCUT2D eigenvalue weighted by atomic mass is 16.5. The molecule has 2 aliphatic rings. The Morgan fingerprint density at radius 3 is 2.65 bits per heavy atom. The highest BCUT2D eigenvalue weighted by molar-refractivity contribution is 5.46. The van der Waals surface area contributed by atoms with E-state index in [4.69, 9.17) is 10.5 Å². The zero-order valence-electron chi connectivity index (χ0n) is 12.3. The van der Waals surface area contributed by atoms with Crippen molar-refractivity contribution in [3.8, 4) is 5.75 Å². The number of rotatable bonds is 3. The Morgan fingerprint density at radius 1 is 1.25 bits per heavy atom. The molecule has 1 atom stereocenters. The summed E-state index contributed by atoms with van der Waals surface area (Å²) < 4.78 is 5.40. The molecule has 2 aliphatic carbocycles. The molecule has 0 amide bonds. The quantitative estimate of drug-likeness (QED) is 0.891. The molecule has 0 bridgehead atoms. The fourth-order valence-electron chi connectivity index (χ4n) is 4.49. The summed E-state index contributed by atoms with van der Waals surface area (Å²) in [5.74, 6) is 0.895. The number of methoxy groups -OCH3 is 1.